The third-order valence-corrected chi connectivity index (χ3v) is 18.7. The average Bonchev–Trinajstić information content (AvgIpc) is 0.907. The maximum atomic E-state index is 12.3. The van der Waals surface area contributed by atoms with Crippen molar-refractivity contribution in [1.82, 2.24) is 39.9 Å². The van der Waals surface area contributed by atoms with Gasteiger partial charge in [0.05, 0.1) is 158 Å². The van der Waals surface area contributed by atoms with Crippen LogP contribution in [-0.2, 0) is 92.6 Å². The van der Waals surface area contributed by atoms with Gasteiger partial charge >= 0.3 is 35.8 Å². The number of nitro groups is 1. The number of nitrogens with two attached hydrogens (primary N) is 3. The fourth-order valence-electron chi connectivity index (χ4n) is 10.8. The summed E-state index contributed by atoms with van der Waals surface area (Å²) in [5.74, 6) is -4.39. The fourth-order valence-corrected chi connectivity index (χ4v) is 11.2. The van der Waals surface area contributed by atoms with Crippen molar-refractivity contribution < 1.29 is 141 Å². The molecule has 0 radical (unpaired) electrons. The van der Waals surface area contributed by atoms with Crippen LogP contribution in [-0.4, -0.2) is 203 Å². The van der Waals surface area contributed by atoms with Crippen LogP contribution in [0.4, 0.5) is 21.5 Å². The number of H-pyrrole nitrogens is 3. The van der Waals surface area contributed by atoms with Gasteiger partial charge in [0.1, 0.15) is 28.6 Å². The van der Waals surface area contributed by atoms with Gasteiger partial charge in [-0.25, -0.2) is 48.5 Å². The number of primary amides is 1. The van der Waals surface area contributed by atoms with Gasteiger partial charge < -0.3 is 107 Å². The number of aliphatic hydroxyl groups is 7. The number of hydrogen-bond donors (Lipinski definition) is 17. The van der Waals surface area contributed by atoms with Gasteiger partial charge in [-0.15, -0.1) is 10.1 Å². The van der Waals surface area contributed by atoms with Crippen molar-refractivity contribution in [3.63, 3.8) is 0 Å². The molecule has 0 saturated heterocycles. The van der Waals surface area contributed by atoms with Crippen molar-refractivity contribution in [2.75, 3.05) is 46.2 Å². The first kappa shape index (κ1) is 135. The van der Waals surface area contributed by atoms with Gasteiger partial charge in [0.25, 0.3) is 43.5 Å². The fraction of sp³-hybridized carbons (Fsp3) is 0.278. The van der Waals surface area contributed by atoms with Gasteiger partial charge in [-0.1, -0.05) is 42.8 Å². The maximum Gasteiger partial charge on any atom is 0.344 e. The molecular formula is C97H120Cl2FN13O33S. The highest BCUT2D eigenvalue weighted by Gasteiger charge is 2.23. The summed E-state index contributed by atoms with van der Waals surface area (Å²) in [6, 6.07) is 34.0. The largest absolute Gasteiger partial charge is 0.508 e. The molecule has 13 aromatic rings. The number of esters is 6. The summed E-state index contributed by atoms with van der Waals surface area (Å²) in [6.45, 7) is 23.1. The number of aryl methyl sites for hydroxylation is 9. The predicted octanol–water partition coefficient (Wildman–Crippen LogP) is 11.4. The number of carboxylic acids is 1. The molecule has 1 amide bonds. The number of nitrogen functional groups attached to an aromatic ring is 2. The lowest BCUT2D eigenvalue weighted by Gasteiger charge is -2.08. The van der Waals surface area contributed by atoms with Crippen molar-refractivity contribution in [3.8, 4) is 5.75 Å². The summed E-state index contributed by atoms with van der Waals surface area (Å²) in [6.07, 6.45) is 6.44. The molecule has 0 fully saturated rings. The average molecular weight is 2120 g/mol. The molecule has 0 bridgehead atoms. The summed E-state index contributed by atoms with van der Waals surface area (Å²) >= 11 is 11.3. The van der Waals surface area contributed by atoms with E-state index in [0.717, 1.165) is 69.4 Å². The number of nitrogens with one attached hydrogen (secondary N) is 3. The number of aliphatic carboxylic acids is 1. The molecule has 0 aliphatic heterocycles. The van der Waals surface area contributed by atoms with E-state index < -0.39 is 61.8 Å². The van der Waals surface area contributed by atoms with E-state index in [1.807, 2.05) is 58.9 Å². The quantitative estimate of drug-likeness (QED) is 0.00658. The number of amides is 1. The number of benzene rings is 9. The molecule has 0 atom stereocenters. The molecule has 13 rings (SSSR count). The van der Waals surface area contributed by atoms with E-state index >= 15 is 0 Å². The van der Waals surface area contributed by atoms with E-state index in [1.165, 1.54) is 114 Å². The number of halogens is 3. The summed E-state index contributed by atoms with van der Waals surface area (Å²) in [4.78, 5) is 162. The first-order valence-corrected chi connectivity index (χ1v) is 44.3. The number of aromatic nitrogens is 8. The molecule has 0 saturated carbocycles. The number of fused-ring (bicyclic) bond motifs is 4. The molecule has 20 N–H and O–H groups in total. The third kappa shape index (κ3) is 51.6. The number of nitro benzene ring substituents is 1. The van der Waals surface area contributed by atoms with Crippen LogP contribution in [0.15, 0.2) is 167 Å². The van der Waals surface area contributed by atoms with Crippen LogP contribution >= 0.6 is 23.2 Å². The van der Waals surface area contributed by atoms with Gasteiger partial charge in [-0.2, -0.15) is 8.42 Å². The van der Waals surface area contributed by atoms with Crippen molar-refractivity contribution >= 4 is 142 Å². The number of aromatic hydroxyl groups is 1. The van der Waals surface area contributed by atoms with Crippen LogP contribution in [0.2, 0.25) is 10.2 Å². The third-order valence-electron chi connectivity index (χ3n) is 18.1. The molecule has 46 nitrogen and oxygen atoms in total. The van der Waals surface area contributed by atoms with Gasteiger partial charge in [-0.3, -0.25) is 48.2 Å². The number of rotatable bonds is 11. The number of carboxylic acid groups (broad SMARTS) is 1. The Kier molecular flexibility index (Phi) is 64.0. The molecule has 9 aromatic carbocycles. The number of ether oxygens (including phenoxy) is 5. The Morgan fingerprint density at radius 3 is 1.19 bits per heavy atom. The van der Waals surface area contributed by atoms with E-state index in [9.17, 15) is 71.2 Å². The zero-order valence-electron chi connectivity index (χ0n) is 82.6. The second-order valence-corrected chi connectivity index (χ2v) is 31.9. The van der Waals surface area contributed by atoms with Crippen LogP contribution in [0.25, 0.3) is 43.6 Å². The lowest BCUT2D eigenvalue weighted by molar-refractivity contribution is -0.742. The monoisotopic (exact) mass is 2120 g/mol. The van der Waals surface area contributed by atoms with Crippen molar-refractivity contribution in [2.45, 2.75) is 150 Å². The molecule has 4 heterocycles. The molecular weight excluding hydrogens is 2000 g/mol. The lowest BCUT2D eigenvalue weighted by atomic mass is 10.0. The van der Waals surface area contributed by atoms with E-state index in [1.54, 1.807) is 88.4 Å². The number of phenols is 1. The van der Waals surface area contributed by atoms with E-state index in [2.05, 4.69) is 83.1 Å². The van der Waals surface area contributed by atoms with Crippen LogP contribution in [0.5, 0.6) is 5.75 Å². The highest BCUT2D eigenvalue weighted by Crippen LogP contribution is 2.28. The molecule has 0 aliphatic carbocycles. The number of aromatic amines is 3. The molecule has 147 heavy (non-hydrogen) atoms. The highest BCUT2D eigenvalue weighted by molar-refractivity contribution is 7.85. The number of carbonyl (C=O) groups is 8. The molecule has 0 unspecified atom stereocenters. The first-order valence-electron chi connectivity index (χ1n) is 41.7. The van der Waals surface area contributed by atoms with Crippen LogP contribution in [0.3, 0.4) is 0 Å². The van der Waals surface area contributed by atoms with Gasteiger partial charge in [0, 0.05) is 49.7 Å². The Morgan fingerprint density at radius 2 is 0.810 bits per heavy atom. The molecule has 0 spiro atoms. The van der Waals surface area contributed by atoms with Gasteiger partial charge in [0.2, 0.25) is 6.41 Å². The number of aliphatic hydroxyl groups excluding tert-OH is 7. The summed E-state index contributed by atoms with van der Waals surface area (Å²) in [5, 5.41) is 106. The number of phenolic OH excluding ortho intramolecular Hbond substituents is 1. The Bertz CT molecular complexity index is 6780. The number of hydrogen-bond acceptors (Lipinski definition) is 37. The Morgan fingerprint density at radius 1 is 0.483 bits per heavy atom. The summed E-state index contributed by atoms with van der Waals surface area (Å²) in [5.41, 5.74) is 31.6. The number of anilines is 2. The smallest absolute Gasteiger partial charge is 0.344 e. The maximum absolute atomic E-state index is 12.3. The minimum atomic E-state index is -3.67. The van der Waals surface area contributed by atoms with Crippen molar-refractivity contribution in [3.05, 3.63) is 326 Å². The summed E-state index contributed by atoms with van der Waals surface area (Å²) < 4.78 is 60.2. The molecule has 0 aliphatic rings. The Hall–Kier alpha value is -16.2. The number of methoxy groups -OCH3 is 4. The zero-order valence-corrected chi connectivity index (χ0v) is 85.0. The van der Waals surface area contributed by atoms with Crippen molar-refractivity contribution in [2.24, 2.45) is 5.73 Å². The summed E-state index contributed by atoms with van der Waals surface area (Å²) in [7, 11) is 1.40. The van der Waals surface area contributed by atoms with Gasteiger partial charge in [-0.05, 0) is 269 Å². The minimum Gasteiger partial charge on any atom is -0.508 e. The topological polar surface area (TPSA) is 767 Å². The lowest BCUT2D eigenvalue weighted by Crippen LogP contribution is -2.07. The van der Waals surface area contributed by atoms with E-state index in [4.69, 9.17) is 105 Å². The standard InChI is InChI=1S/C10H9ClN2.C10H10N2O2.C10H10N2O.C10H11NO5.C10H13NO3.C10H12O4.C10H12O3.C9H8N2O2.C6H5ClFN.C4H6O3.C3H8O.C2H4O2.CH3NO.CH4O3S.CH4.HNO3/c1-6-3-8-9(4-7(6)2)12-5-13-10(8)11;1-6-2-9-8(3-7(6)4-13)10(14)12-5-11-9;1-6-3-8-9(4-7(6)2)11-5-12-10(8)13;1-6-3-9(11(14)15)8(10(13)16-2)4-7(6)5-12;1-6-3-9(11)8(10(13)14-2)4-7(6)5-12;1-14-10(13)7-2-3-8(5-11)9(4-7)6-12;1-7-3-4-8(10(12)13-2)5-9(7)6-11;1-5-2-7-6(3-8(5)12)9(13)11-4-10-7;7-5-3-4(9)1-2-6(5)8;1-3(5)7-4(2)6;1-3(2)4;1-2(3)4;2-1-3;1-5(2,3)4;;2-1(3)4/h3-5H,1-2H3;2-3,5,13H,4H2,1H3,(H,11,12,14);3-5H,1-2H3,(H,11,12,13);3-4,12H,5H2,1-2H3;3-4,12H,5,11H2,1-2H3;2-4,11-12H,5-6H2,1H3;3-5,11H,6H2,1-2H3;2-4,12H,1H3,(H,10,11,13);1-3H,9H2;1-2H3;3-4H,1-2H3;1H3,(H,3,4);1H,(H2,2,3);1H3,(H,2,3,4);1H4;(H,2,3,4). The Labute approximate surface area is 851 Å². The van der Waals surface area contributed by atoms with Crippen LogP contribution in [0, 0.1) is 88.4 Å². The zero-order chi connectivity index (χ0) is 112. The highest BCUT2D eigenvalue weighted by atomic mass is 35.5. The van der Waals surface area contributed by atoms with Gasteiger partial charge in [0.15, 0.2) is 0 Å². The minimum absolute atomic E-state index is 0. The second-order valence-electron chi connectivity index (χ2n) is 29.7. The Balaban J connectivity index is -0.00000154. The molecule has 4 aromatic heterocycles. The molecule has 798 valence electrons. The van der Waals surface area contributed by atoms with E-state index in [-0.39, 0.29) is 104 Å². The van der Waals surface area contributed by atoms with Crippen molar-refractivity contribution in [1.29, 1.82) is 0 Å². The molecule has 50 heteroatoms. The first-order chi connectivity index (χ1) is 68.2. The van der Waals surface area contributed by atoms with Crippen LogP contribution in [0.1, 0.15) is 167 Å². The SMILES string of the molecule is C.CC(=O)O.CC(=O)OC(C)=O.CC(C)O.COC(=O)c1cc(CO)c(C)cc1N.COC(=O)c1cc(CO)c(C)cc1[N+](=O)[O-].COC(=O)c1ccc(C)c(CO)c1.COC(=O)c1ccc(CO)c(CO)c1.CS(=O)(=O)O.Cc1cc2nc[nH]c(=O)c2cc1C.Cc1cc2nc[nH]c(=O)c2cc1CO.Cc1cc2nc[nH]c(=O)c2cc1O.Cc1cc2ncnc(Cl)c2cc1C.NC=O.Nc1ccc(F)c(Cl)c1.O=[N+]([O-])O. The van der Waals surface area contributed by atoms with Crippen LogP contribution < -0.4 is 33.9 Å². The second kappa shape index (κ2) is 69.7. The van der Waals surface area contributed by atoms with E-state index in [0.29, 0.717) is 100 Å². The predicted molar refractivity (Wildman–Crippen MR) is 546 cm³/mol. The number of carbonyl (C=O) groups excluding carboxylic acids is 7. The normalized spacial score (nSPS) is 9.68. The number of nitrogens with zero attached hydrogens (tertiary/aromatic N) is 7.